The first kappa shape index (κ1) is 10.3. The topological polar surface area (TPSA) is 52.0 Å². The van der Waals surface area contributed by atoms with Crippen molar-refractivity contribution in [1.29, 1.82) is 0 Å². The third-order valence-corrected chi connectivity index (χ3v) is 2.93. The minimum Gasteiger partial charge on any atom is -0.440 e. The van der Waals surface area contributed by atoms with E-state index in [-0.39, 0.29) is 0 Å². The standard InChI is InChI=1S/C11H12N2OS/c12-7-9-2-1-3-10(6-9)8-15-11-13-4-5-14-11/h1-6H,7-8,12H2. The summed E-state index contributed by atoms with van der Waals surface area (Å²) < 4.78 is 5.14. The van der Waals surface area contributed by atoms with Crippen LogP contribution in [0.4, 0.5) is 0 Å². The van der Waals surface area contributed by atoms with Gasteiger partial charge in [-0.1, -0.05) is 36.0 Å². The van der Waals surface area contributed by atoms with Crippen molar-refractivity contribution in [2.75, 3.05) is 0 Å². The number of thioether (sulfide) groups is 1. The van der Waals surface area contributed by atoms with Gasteiger partial charge in [-0.3, -0.25) is 0 Å². The summed E-state index contributed by atoms with van der Waals surface area (Å²) in [6.07, 6.45) is 3.23. The van der Waals surface area contributed by atoms with Crippen LogP contribution in [0.5, 0.6) is 0 Å². The molecule has 78 valence electrons. The molecule has 2 aromatic rings. The predicted octanol–water partition coefficient (Wildman–Crippen LogP) is 2.43. The molecule has 4 heteroatoms. The molecule has 1 aromatic carbocycles. The maximum Gasteiger partial charge on any atom is 0.255 e. The second-order valence-electron chi connectivity index (χ2n) is 3.11. The van der Waals surface area contributed by atoms with E-state index in [0.717, 1.165) is 11.3 Å². The maximum absolute atomic E-state index is 5.57. The quantitative estimate of drug-likeness (QED) is 0.804. The first-order valence-electron chi connectivity index (χ1n) is 4.68. The molecule has 0 aliphatic heterocycles. The van der Waals surface area contributed by atoms with Gasteiger partial charge in [-0.25, -0.2) is 4.98 Å². The molecule has 1 heterocycles. The Balaban J connectivity index is 1.98. The van der Waals surface area contributed by atoms with Crippen LogP contribution < -0.4 is 5.73 Å². The van der Waals surface area contributed by atoms with Crippen molar-refractivity contribution in [3.05, 3.63) is 47.9 Å². The van der Waals surface area contributed by atoms with Crippen molar-refractivity contribution < 1.29 is 4.42 Å². The number of hydrogen-bond donors (Lipinski definition) is 1. The molecule has 15 heavy (non-hydrogen) atoms. The van der Waals surface area contributed by atoms with Crippen LogP contribution in [0.2, 0.25) is 0 Å². The lowest BCUT2D eigenvalue weighted by molar-refractivity contribution is 0.454. The van der Waals surface area contributed by atoms with Gasteiger partial charge in [0.15, 0.2) is 0 Å². The van der Waals surface area contributed by atoms with Crippen LogP contribution in [0.3, 0.4) is 0 Å². The molecule has 2 N–H and O–H groups in total. The van der Waals surface area contributed by atoms with Crippen LogP contribution in [0.15, 0.2) is 46.4 Å². The summed E-state index contributed by atoms with van der Waals surface area (Å²) in [4.78, 5) is 4.05. The van der Waals surface area contributed by atoms with Crippen LogP contribution in [0.1, 0.15) is 11.1 Å². The molecule has 0 saturated heterocycles. The first-order chi connectivity index (χ1) is 7.38. The highest BCUT2D eigenvalue weighted by Crippen LogP contribution is 2.20. The zero-order valence-electron chi connectivity index (χ0n) is 8.22. The SMILES string of the molecule is NCc1cccc(CSc2ncco2)c1. The zero-order chi connectivity index (χ0) is 10.5. The van der Waals surface area contributed by atoms with E-state index in [1.165, 1.54) is 5.56 Å². The number of nitrogens with two attached hydrogens (primary N) is 1. The van der Waals surface area contributed by atoms with Gasteiger partial charge in [0.1, 0.15) is 6.26 Å². The van der Waals surface area contributed by atoms with Gasteiger partial charge in [0, 0.05) is 12.3 Å². The molecule has 0 saturated carbocycles. The molecule has 0 atom stereocenters. The Hall–Kier alpha value is -1.26. The lowest BCUT2D eigenvalue weighted by Crippen LogP contribution is -1.96. The fraction of sp³-hybridized carbons (Fsp3) is 0.182. The first-order valence-corrected chi connectivity index (χ1v) is 5.67. The fourth-order valence-corrected chi connectivity index (χ4v) is 2.00. The molecule has 0 unspecified atom stereocenters. The van der Waals surface area contributed by atoms with Crippen molar-refractivity contribution in [2.45, 2.75) is 17.5 Å². The second kappa shape index (κ2) is 5.00. The largest absolute Gasteiger partial charge is 0.440 e. The summed E-state index contributed by atoms with van der Waals surface area (Å²) in [5.74, 6) is 0.856. The fourth-order valence-electron chi connectivity index (χ4n) is 1.27. The highest BCUT2D eigenvalue weighted by Gasteiger charge is 2.00. The van der Waals surface area contributed by atoms with Crippen molar-refractivity contribution in [2.24, 2.45) is 5.73 Å². The number of benzene rings is 1. The van der Waals surface area contributed by atoms with E-state index < -0.39 is 0 Å². The molecule has 0 spiro atoms. The highest BCUT2D eigenvalue weighted by molar-refractivity contribution is 7.98. The summed E-state index contributed by atoms with van der Waals surface area (Å²) in [5, 5.41) is 0.702. The number of rotatable bonds is 4. The molecular weight excluding hydrogens is 208 g/mol. The summed E-state index contributed by atoms with van der Waals surface area (Å²) in [6.45, 7) is 0.581. The van der Waals surface area contributed by atoms with Gasteiger partial charge in [-0.2, -0.15) is 0 Å². The van der Waals surface area contributed by atoms with Gasteiger partial charge in [0.05, 0.1) is 6.20 Å². The monoisotopic (exact) mass is 220 g/mol. The minimum absolute atomic E-state index is 0.581. The molecule has 0 amide bonds. The molecule has 0 aliphatic rings. The summed E-state index contributed by atoms with van der Waals surface area (Å²) >= 11 is 1.58. The Morgan fingerprint density at radius 1 is 1.33 bits per heavy atom. The molecule has 2 rings (SSSR count). The average molecular weight is 220 g/mol. The van der Waals surface area contributed by atoms with Crippen molar-refractivity contribution in [3.8, 4) is 0 Å². The third kappa shape index (κ3) is 2.84. The molecule has 3 nitrogen and oxygen atoms in total. The Bertz CT molecular complexity index is 414. The van der Waals surface area contributed by atoms with E-state index in [9.17, 15) is 0 Å². The minimum atomic E-state index is 0.581. The van der Waals surface area contributed by atoms with Crippen molar-refractivity contribution >= 4 is 11.8 Å². The molecule has 0 aliphatic carbocycles. The summed E-state index contributed by atoms with van der Waals surface area (Å²) in [7, 11) is 0. The predicted molar refractivity (Wildman–Crippen MR) is 60.4 cm³/mol. The van der Waals surface area contributed by atoms with E-state index in [4.69, 9.17) is 10.2 Å². The Morgan fingerprint density at radius 2 is 2.20 bits per heavy atom. The lowest BCUT2D eigenvalue weighted by atomic mass is 10.1. The number of nitrogens with zero attached hydrogens (tertiary/aromatic N) is 1. The third-order valence-electron chi connectivity index (χ3n) is 2.00. The number of oxazole rings is 1. The second-order valence-corrected chi connectivity index (χ2v) is 4.04. The van der Waals surface area contributed by atoms with Crippen molar-refractivity contribution in [1.82, 2.24) is 4.98 Å². The molecular formula is C11H12N2OS. The van der Waals surface area contributed by atoms with E-state index >= 15 is 0 Å². The number of aromatic nitrogens is 1. The van der Waals surface area contributed by atoms with Crippen LogP contribution >= 0.6 is 11.8 Å². The van der Waals surface area contributed by atoms with Crippen LogP contribution in [0, 0.1) is 0 Å². The lowest BCUT2D eigenvalue weighted by Gasteiger charge is -2.01. The van der Waals surface area contributed by atoms with E-state index in [1.54, 1.807) is 24.2 Å². The van der Waals surface area contributed by atoms with Crippen molar-refractivity contribution in [3.63, 3.8) is 0 Å². The molecule has 0 radical (unpaired) electrons. The molecule has 0 bridgehead atoms. The van der Waals surface area contributed by atoms with Gasteiger partial charge < -0.3 is 10.2 Å². The number of hydrogen-bond acceptors (Lipinski definition) is 4. The normalized spacial score (nSPS) is 10.5. The van der Waals surface area contributed by atoms with Crippen LogP contribution in [-0.2, 0) is 12.3 Å². The van der Waals surface area contributed by atoms with E-state index in [2.05, 4.69) is 17.1 Å². The smallest absolute Gasteiger partial charge is 0.255 e. The van der Waals surface area contributed by atoms with Crippen LogP contribution in [-0.4, -0.2) is 4.98 Å². The van der Waals surface area contributed by atoms with Gasteiger partial charge in [0.2, 0.25) is 0 Å². The maximum atomic E-state index is 5.57. The van der Waals surface area contributed by atoms with E-state index in [0.29, 0.717) is 11.8 Å². The van der Waals surface area contributed by atoms with Gasteiger partial charge in [-0.05, 0) is 11.1 Å². The highest BCUT2D eigenvalue weighted by atomic mass is 32.2. The average Bonchev–Trinajstić information content (AvgIpc) is 2.79. The summed E-state index contributed by atoms with van der Waals surface area (Å²) in [5.41, 5.74) is 7.96. The Morgan fingerprint density at radius 3 is 2.93 bits per heavy atom. The van der Waals surface area contributed by atoms with E-state index in [1.807, 2.05) is 12.1 Å². The molecule has 0 fully saturated rings. The Labute approximate surface area is 92.7 Å². The van der Waals surface area contributed by atoms with Crippen LogP contribution in [0.25, 0.3) is 0 Å². The zero-order valence-corrected chi connectivity index (χ0v) is 9.04. The summed E-state index contributed by atoms with van der Waals surface area (Å²) in [6, 6.07) is 8.23. The Kier molecular flexibility index (Phi) is 3.42. The van der Waals surface area contributed by atoms with Gasteiger partial charge in [0.25, 0.3) is 5.22 Å². The molecule has 1 aromatic heterocycles. The van der Waals surface area contributed by atoms with Gasteiger partial charge >= 0.3 is 0 Å². The van der Waals surface area contributed by atoms with Gasteiger partial charge in [-0.15, -0.1) is 0 Å².